The number of hydrogen-bond donors (Lipinski definition) is 2. The van der Waals surface area contributed by atoms with Crippen molar-refractivity contribution >= 4 is 40.6 Å². The number of aromatic nitrogens is 1. The third-order valence-electron chi connectivity index (χ3n) is 3.11. The van der Waals surface area contributed by atoms with E-state index in [0.29, 0.717) is 0 Å². The van der Waals surface area contributed by atoms with Crippen LogP contribution in [0.3, 0.4) is 0 Å². The number of nitrogens with zero attached hydrogens (tertiary/aromatic N) is 1. The van der Waals surface area contributed by atoms with E-state index in [2.05, 4.69) is 14.3 Å². The summed E-state index contributed by atoms with van der Waals surface area (Å²) in [5.41, 5.74) is 0. The van der Waals surface area contributed by atoms with E-state index in [4.69, 9.17) is 22.0 Å². The van der Waals surface area contributed by atoms with E-state index in [1.807, 2.05) is 0 Å². The van der Waals surface area contributed by atoms with Gasteiger partial charge in [0.05, 0.1) is 0 Å². The Hall–Kier alpha value is -1.00. The van der Waals surface area contributed by atoms with Crippen molar-refractivity contribution in [2.45, 2.75) is 23.8 Å². The van der Waals surface area contributed by atoms with Gasteiger partial charge >= 0.3 is 7.60 Å². The standard InChI is InChI=1S/C13H17ClN3O5PS2/c1-9(2)13(17-25(19,20)11-6-4-8-24-11)23(18,22-15)21-10-5-3-7-16-12(10)14/h3-9,13,17H,15H2,1-2H3. The molecule has 2 heterocycles. The molecule has 0 saturated heterocycles. The third-order valence-corrected chi connectivity index (χ3v) is 8.55. The fraction of sp³-hybridized carbons (Fsp3) is 0.308. The molecule has 0 bridgehead atoms. The van der Waals surface area contributed by atoms with Crippen LogP contribution in [0.15, 0.2) is 40.1 Å². The highest BCUT2D eigenvalue weighted by atomic mass is 35.5. The van der Waals surface area contributed by atoms with Crippen molar-refractivity contribution < 1.29 is 22.1 Å². The van der Waals surface area contributed by atoms with Gasteiger partial charge in [0.1, 0.15) is 9.99 Å². The largest absolute Gasteiger partial charge is 0.419 e. The first-order valence-corrected chi connectivity index (χ1v) is 11.4. The fourth-order valence-electron chi connectivity index (χ4n) is 1.92. The number of sulfonamides is 1. The molecule has 2 aromatic rings. The molecule has 12 heteroatoms. The molecule has 25 heavy (non-hydrogen) atoms. The summed E-state index contributed by atoms with van der Waals surface area (Å²) in [6, 6.07) is 5.96. The molecular formula is C13H17ClN3O5PS2. The molecule has 8 nitrogen and oxygen atoms in total. The molecule has 0 aliphatic heterocycles. The topological polar surface area (TPSA) is 121 Å². The minimum atomic E-state index is -4.15. The Balaban J connectivity index is 2.36. The van der Waals surface area contributed by atoms with E-state index in [1.165, 1.54) is 24.4 Å². The second kappa shape index (κ2) is 8.13. The van der Waals surface area contributed by atoms with Gasteiger partial charge in [0.25, 0.3) is 10.0 Å². The lowest BCUT2D eigenvalue weighted by atomic mass is 10.2. The number of hydrogen-bond acceptors (Lipinski definition) is 8. The molecule has 0 aliphatic rings. The van der Waals surface area contributed by atoms with Gasteiger partial charge in [-0.25, -0.2) is 28.5 Å². The van der Waals surface area contributed by atoms with E-state index in [-0.39, 0.29) is 15.1 Å². The minimum Gasteiger partial charge on any atom is -0.419 e. The molecule has 2 rings (SSSR count). The Morgan fingerprint density at radius 2 is 2.08 bits per heavy atom. The highest BCUT2D eigenvalue weighted by Gasteiger charge is 2.43. The van der Waals surface area contributed by atoms with E-state index >= 15 is 0 Å². The van der Waals surface area contributed by atoms with Gasteiger partial charge in [0.2, 0.25) is 0 Å². The summed E-state index contributed by atoms with van der Waals surface area (Å²) < 4.78 is 50.5. The lowest BCUT2D eigenvalue weighted by Crippen LogP contribution is -2.40. The Labute approximate surface area is 154 Å². The summed E-state index contributed by atoms with van der Waals surface area (Å²) >= 11 is 6.92. The smallest absolute Gasteiger partial charge is 0.413 e. The van der Waals surface area contributed by atoms with Crippen molar-refractivity contribution in [1.29, 1.82) is 0 Å². The predicted octanol–water partition coefficient (Wildman–Crippen LogP) is 3.22. The van der Waals surface area contributed by atoms with Crippen LogP contribution in [-0.2, 0) is 19.2 Å². The molecule has 3 N–H and O–H groups in total. The summed E-state index contributed by atoms with van der Waals surface area (Å²) in [5, 5.41) is 1.56. The van der Waals surface area contributed by atoms with Crippen molar-refractivity contribution in [1.82, 2.24) is 9.71 Å². The molecule has 0 amide bonds. The number of thiophene rings is 1. The van der Waals surface area contributed by atoms with Gasteiger partial charge in [0, 0.05) is 6.20 Å². The van der Waals surface area contributed by atoms with Gasteiger partial charge in [-0.3, -0.25) is 0 Å². The maximum Gasteiger partial charge on any atom is 0.413 e. The van der Waals surface area contributed by atoms with E-state index in [0.717, 1.165) is 11.3 Å². The number of rotatable bonds is 8. The lowest BCUT2D eigenvalue weighted by Gasteiger charge is -2.28. The highest BCUT2D eigenvalue weighted by molar-refractivity contribution is 7.91. The van der Waals surface area contributed by atoms with Crippen LogP contribution in [0.1, 0.15) is 13.8 Å². The van der Waals surface area contributed by atoms with Crippen LogP contribution in [0.5, 0.6) is 5.75 Å². The maximum absolute atomic E-state index is 13.1. The molecule has 0 aliphatic carbocycles. The predicted molar refractivity (Wildman–Crippen MR) is 96.0 cm³/mol. The van der Waals surface area contributed by atoms with Crippen LogP contribution in [0.25, 0.3) is 0 Å². The molecule has 2 aromatic heterocycles. The molecule has 0 spiro atoms. The summed E-state index contributed by atoms with van der Waals surface area (Å²) in [4.78, 5) is 3.80. The molecular weight excluding hydrogens is 409 g/mol. The zero-order valence-electron chi connectivity index (χ0n) is 13.3. The second-order valence-corrected chi connectivity index (χ2v) is 10.5. The van der Waals surface area contributed by atoms with Gasteiger partial charge in [-0.2, -0.15) is 4.72 Å². The minimum absolute atomic E-state index is 0.0288. The number of nitrogens with two attached hydrogens (primary N) is 1. The Kier molecular flexibility index (Phi) is 6.61. The van der Waals surface area contributed by atoms with Gasteiger partial charge in [-0.1, -0.05) is 31.5 Å². The summed E-state index contributed by atoms with van der Waals surface area (Å²) in [7, 11) is -8.07. The van der Waals surface area contributed by atoms with Gasteiger partial charge in [0.15, 0.2) is 10.9 Å². The Bertz CT molecular complexity index is 860. The SMILES string of the molecule is CC(C)C(NS(=O)(=O)c1cccs1)P(=O)(ON)Oc1cccnc1Cl. The van der Waals surface area contributed by atoms with Crippen molar-refractivity contribution in [3.63, 3.8) is 0 Å². The molecule has 2 unspecified atom stereocenters. The Morgan fingerprint density at radius 3 is 2.60 bits per heavy atom. The van der Waals surface area contributed by atoms with Crippen LogP contribution in [0, 0.1) is 5.92 Å². The van der Waals surface area contributed by atoms with Crippen molar-refractivity contribution in [2.75, 3.05) is 0 Å². The molecule has 2 atom stereocenters. The normalized spacial score (nSPS) is 15.7. The zero-order valence-corrected chi connectivity index (χ0v) is 16.6. The quantitative estimate of drug-likeness (QED) is 0.378. The number of nitrogens with one attached hydrogen (secondary N) is 1. The van der Waals surface area contributed by atoms with Crippen LogP contribution in [-0.4, -0.2) is 19.2 Å². The average molecular weight is 426 g/mol. The van der Waals surface area contributed by atoms with E-state index in [1.54, 1.807) is 25.3 Å². The summed E-state index contributed by atoms with van der Waals surface area (Å²) in [5.74, 6) is 3.47. The first kappa shape index (κ1) is 20.3. The van der Waals surface area contributed by atoms with E-state index in [9.17, 15) is 13.0 Å². The van der Waals surface area contributed by atoms with Crippen LogP contribution in [0.2, 0.25) is 5.15 Å². The summed E-state index contributed by atoms with van der Waals surface area (Å²) in [6.45, 7) is 3.31. The van der Waals surface area contributed by atoms with Crippen molar-refractivity contribution in [2.24, 2.45) is 11.8 Å². The molecule has 0 fully saturated rings. The fourth-order valence-corrected chi connectivity index (χ4v) is 6.73. The Morgan fingerprint density at radius 1 is 1.36 bits per heavy atom. The first-order chi connectivity index (χ1) is 11.7. The van der Waals surface area contributed by atoms with Gasteiger partial charge < -0.3 is 4.52 Å². The van der Waals surface area contributed by atoms with Crippen molar-refractivity contribution in [3.05, 3.63) is 41.0 Å². The first-order valence-electron chi connectivity index (χ1n) is 7.04. The van der Waals surface area contributed by atoms with Crippen LogP contribution < -0.4 is 15.1 Å². The molecule has 0 aromatic carbocycles. The summed E-state index contributed by atoms with van der Waals surface area (Å²) in [6.07, 6.45) is 1.42. The maximum atomic E-state index is 13.1. The monoisotopic (exact) mass is 425 g/mol. The average Bonchev–Trinajstić information content (AvgIpc) is 3.10. The van der Waals surface area contributed by atoms with Crippen LogP contribution >= 0.6 is 30.5 Å². The van der Waals surface area contributed by atoms with Crippen molar-refractivity contribution in [3.8, 4) is 5.75 Å². The highest BCUT2D eigenvalue weighted by Crippen LogP contribution is 2.54. The molecule has 0 saturated carbocycles. The van der Waals surface area contributed by atoms with Gasteiger partial charge in [-0.05, 0) is 29.5 Å². The van der Waals surface area contributed by atoms with Gasteiger partial charge in [-0.15, -0.1) is 11.3 Å². The second-order valence-electron chi connectivity index (χ2n) is 5.27. The van der Waals surface area contributed by atoms with E-state index < -0.39 is 29.3 Å². The zero-order chi connectivity index (χ0) is 18.7. The number of pyridine rings is 1. The lowest BCUT2D eigenvalue weighted by molar-refractivity contribution is 0.253. The van der Waals surface area contributed by atoms with Crippen LogP contribution in [0.4, 0.5) is 0 Å². The molecule has 0 radical (unpaired) electrons. The molecule has 138 valence electrons. The third kappa shape index (κ3) is 4.79. The number of halogens is 1.